The zero-order chi connectivity index (χ0) is 19.4. The van der Waals surface area contributed by atoms with Crippen LogP contribution in [0, 0.1) is 0 Å². The van der Waals surface area contributed by atoms with Crippen molar-refractivity contribution in [1.29, 1.82) is 0 Å². The van der Waals surface area contributed by atoms with E-state index >= 15 is 0 Å². The minimum absolute atomic E-state index is 0.202. The standard InChI is InChI=1S/C19H17F4NO3/c20-18(21)19(22,23)27-15-9-5-4-8-14(15)17(25)24-10-11-26-16(12-24)13-6-2-1-3-7-13/h1-9,16,18H,10-12H2. The summed E-state index contributed by atoms with van der Waals surface area (Å²) >= 11 is 0. The molecule has 144 valence electrons. The van der Waals surface area contributed by atoms with Crippen LogP contribution >= 0.6 is 0 Å². The number of rotatable bonds is 5. The van der Waals surface area contributed by atoms with Crippen LogP contribution in [0.15, 0.2) is 54.6 Å². The van der Waals surface area contributed by atoms with E-state index in [1.54, 1.807) is 0 Å². The SMILES string of the molecule is O=C(c1ccccc1OC(F)(F)C(F)F)N1CCOC(c2ccccc2)C1. The molecule has 1 heterocycles. The van der Waals surface area contributed by atoms with Crippen molar-refractivity contribution in [3.8, 4) is 5.75 Å². The second-order valence-electron chi connectivity index (χ2n) is 5.98. The number of hydrogen-bond acceptors (Lipinski definition) is 3. The zero-order valence-electron chi connectivity index (χ0n) is 14.2. The first-order valence-corrected chi connectivity index (χ1v) is 8.28. The minimum Gasteiger partial charge on any atom is -0.427 e. The Hall–Kier alpha value is -2.61. The van der Waals surface area contributed by atoms with Gasteiger partial charge in [-0.15, -0.1) is 0 Å². The van der Waals surface area contributed by atoms with Crippen molar-refractivity contribution in [2.75, 3.05) is 19.7 Å². The Kier molecular flexibility index (Phi) is 5.65. The second-order valence-corrected chi connectivity index (χ2v) is 5.98. The molecule has 8 heteroatoms. The molecule has 4 nitrogen and oxygen atoms in total. The molecule has 1 atom stereocenters. The fraction of sp³-hybridized carbons (Fsp3) is 0.316. The van der Waals surface area contributed by atoms with Gasteiger partial charge in [0.25, 0.3) is 5.91 Å². The number of carbonyl (C=O) groups excluding carboxylic acids is 1. The van der Waals surface area contributed by atoms with Crippen LogP contribution < -0.4 is 4.74 Å². The third-order valence-corrected chi connectivity index (χ3v) is 4.14. The lowest BCUT2D eigenvalue weighted by molar-refractivity contribution is -0.253. The number of ether oxygens (including phenoxy) is 2. The number of para-hydroxylation sites is 1. The average molecular weight is 383 g/mol. The van der Waals surface area contributed by atoms with E-state index in [-0.39, 0.29) is 31.4 Å². The molecule has 2 aromatic rings. The van der Waals surface area contributed by atoms with Gasteiger partial charge < -0.3 is 14.4 Å². The van der Waals surface area contributed by atoms with E-state index in [1.807, 2.05) is 30.3 Å². The fourth-order valence-corrected chi connectivity index (χ4v) is 2.80. The summed E-state index contributed by atoms with van der Waals surface area (Å²) in [6, 6.07) is 14.4. The van der Waals surface area contributed by atoms with Crippen molar-refractivity contribution in [2.24, 2.45) is 0 Å². The van der Waals surface area contributed by atoms with E-state index < -0.39 is 24.2 Å². The van der Waals surface area contributed by atoms with E-state index in [9.17, 15) is 22.4 Å². The lowest BCUT2D eigenvalue weighted by atomic mass is 10.1. The van der Waals surface area contributed by atoms with E-state index in [1.165, 1.54) is 23.1 Å². The molecular weight excluding hydrogens is 366 g/mol. The highest BCUT2D eigenvalue weighted by atomic mass is 19.3. The highest BCUT2D eigenvalue weighted by molar-refractivity contribution is 5.97. The van der Waals surface area contributed by atoms with Crippen molar-refractivity contribution < 1.29 is 31.8 Å². The van der Waals surface area contributed by atoms with Gasteiger partial charge in [0.1, 0.15) is 11.9 Å². The molecule has 3 rings (SSSR count). The highest BCUT2D eigenvalue weighted by Crippen LogP contribution is 2.31. The minimum atomic E-state index is -4.69. The lowest BCUT2D eigenvalue weighted by Gasteiger charge is -2.33. The van der Waals surface area contributed by atoms with Crippen LogP contribution in [0.2, 0.25) is 0 Å². The Labute approximate surface area is 153 Å². The number of morpholine rings is 1. The number of carbonyl (C=O) groups is 1. The van der Waals surface area contributed by atoms with Crippen molar-refractivity contribution in [3.05, 3.63) is 65.7 Å². The number of amides is 1. The average Bonchev–Trinajstić information content (AvgIpc) is 2.68. The Balaban J connectivity index is 1.80. The van der Waals surface area contributed by atoms with Crippen LogP contribution in [0.5, 0.6) is 5.75 Å². The van der Waals surface area contributed by atoms with Crippen LogP contribution in [0.25, 0.3) is 0 Å². The molecule has 0 aliphatic carbocycles. The van der Waals surface area contributed by atoms with Gasteiger partial charge in [0.05, 0.1) is 18.7 Å². The number of benzene rings is 2. The van der Waals surface area contributed by atoms with Gasteiger partial charge in [-0.05, 0) is 17.7 Å². The van der Waals surface area contributed by atoms with E-state index in [0.717, 1.165) is 11.6 Å². The second kappa shape index (κ2) is 7.96. The molecule has 0 saturated carbocycles. The monoisotopic (exact) mass is 383 g/mol. The number of hydrogen-bond donors (Lipinski definition) is 0. The topological polar surface area (TPSA) is 38.8 Å². The first-order chi connectivity index (χ1) is 12.9. The van der Waals surface area contributed by atoms with Gasteiger partial charge in [0, 0.05) is 6.54 Å². The number of halogens is 4. The molecule has 1 amide bonds. The van der Waals surface area contributed by atoms with Crippen LogP contribution in [0.4, 0.5) is 17.6 Å². The van der Waals surface area contributed by atoms with Crippen molar-refractivity contribution in [2.45, 2.75) is 18.6 Å². The molecule has 0 bridgehead atoms. The van der Waals surface area contributed by atoms with E-state index in [4.69, 9.17) is 4.74 Å². The molecule has 1 aliphatic heterocycles. The summed E-state index contributed by atoms with van der Waals surface area (Å²) in [5.74, 6) is -1.17. The summed E-state index contributed by atoms with van der Waals surface area (Å²) in [5.41, 5.74) is 0.676. The highest BCUT2D eigenvalue weighted by Gasteiger charge is 2.44. The van der Waals surface area contributed by atoms with Gasteiger partial charge in [-0.1, -0.05) is 42.5 Å². The molecule has 27 heavy (non-hydrogen) atoms. The van der Waals surface area contributed by atoms with Gasteiger partial charge in [0.15, 0.2) is 0 Å². The molecular formula is C19H17F4NO3. The molecule has 1 unspecified atom stereocenters. The third kappa shape index (κ3) is 4.39. The van der Waals surface area contributed by atoms with Crippen LogP contribution in [0.1, 0.15) is 22.0 Å². The molecule has 0 aromatic heterocycles. The molecule has 0 spiro atoms. The predicted octanol–water partition coefficient (Wildman–Crippen LogP) is 4.14. The Bertz CT molecular complexity index is 786. The Morgan fingerprint density at radius 2 is 1.78 bits per heavy atom. The maximum absolute atomic E-state index is 13.3. The van der Waals surface area contributed by atoms with Gasteiger partial charge >= 0.3 is 12.5 Å². The maximum atomic E-state index is 13.3. The quantitative estimate of drug-likeness (QED) is 0.729. The summed E-state index contributed by atoms with van der Waals surface area (Å²) in [4.78, 5) is 14.2. The van der Waals surface area contributed by atoms with Crippen LogP contribution in [-0.4, -0.2) is 43.0 Å². The largest absolute Gasteiger partial charge is 0.461 e. The van der Waals surface area contributed by atoms with E-state index in [2.05, 4.69) is 4.74 Å². The van der Waals surface area contributed by atoms with Gasteiger partial charge in [-0.2, -0.15) is 17.6 Å². The summed E-state index contributed by atoms with van der Waals surface area (Å²) in [6.07, 6.45) is -9.06. The number of nitrogens with zero attached hydrogens (tertiary/aromatic N) is 1. The summed E-state index contributed by atoms with van der Waals surface area (Å²) in [6.45, 7) is 0.728. The normalized spacial score (nSPS) is 17.8. The molecule has 1 fully saturated rings. The Morgan fingerprint density at radius 3 is 2.48 bits per heavy atom. The molecule has 1 saturated heterocycles. The Morgan fingerprint density at radius 1 is 1.11 bits per heavy atom. The van der Waals surface area contributed by atoms with Gasteiger partial charge in [-0.25, -0.2) is 0 Å². The van der Waals surface area contributed by atoms with Gasteiger partial charge in [-0.3, -0.25) is 4.79 Å². The molecule has 0 radical (unpaired) electrons. The van der Waals surface area contributed by atoms with Gasteiger partial charge in [0.2, 0.25) is 0 Å². The first kappa shape index (κ1) is 19.2. The zero-order valence-corrected chi connectivity index (χ0v) is 14.2. The predicted molar refractivity (Wildman–Crippen MR) is 89.1 cm³/mol. The number of alkyl halides is 4. The van der Waals surface area contributed by atoms with Crippen molar-refractivity contribution in [3.63, 3.8) is 0 Å². The summed E-state index contributed by atoms with van der Waals surface area (Å²) in [5, 5.41) is 0. The molecule has 0 N–H and O–H groups in total. The molecule has 2 aromatic carbocycles. The summed E-state index contributed by atoms with van der Waals surface area (Å²) in [7, 11) is 0. The smallest absolute Gasteiger partial charge is 0.427 e. The van der Waals surface area contributed by atoms with E-state index in [0.29, 0.717) is 0 Å². The molecule has 1 aliphatic rings. The maximum Gasteiger partial charge on any atom is 0.461 e. The van der Waals surface area contributed by atoms with Crippen LogP contribution in [0.3, 0.4) is 0 Å². The third-order valence-electron chi connectivity index (χ3n) is 4.14. The van der Waals surface area contributed by atoms with Crippen LogP contribution in [-0.2, 0) is 4.74 Å². The van der Waals surface area contributed by atoms with Crippen molar-refractivity contribution >= 4 is 5.91 Å². The fourth-order valence-electron chi connectivity index (χ4n) is 2.80. The first-order valence-electron chi connectivity index (χ1n) is 8.28. The lowest BCUT2D eigenvalue weighted by Crippen LogP contribution is -2.42. The van der Waals surface area contributed by atoms with Crippen molar-refractivity contribution in [1.82, 2.24) is 4.90 Å². The summed E-state index contributed by atoms with van der Waals surface area (Å²) < 4.78 is 61.3.